The summed E-state index contributed by atoms with van der Waals surface area (Å²) in [5.74, 6) is 0.630. The minimum atomic E-state index is -0.701. The number of benzene rings is 2. The van der Waals surface area contributed by atoms with Gasteiger partial charge >= 0.3 is 5.82 Å². The first-order valence-electron chi connectivity index (χ1n) is 7.88. The molecule has 1 heterocycles. The van der Waals surface area contributed by atoms with E-state index in [2.05, 4.69) is 10.1 Å². The van der Waals surface area contributed by atoms with Gasteiger partial charge in [-0.15, -0.1) is 0 Å². The largest absolute Gasteiger partial charge is 0.497 e. The molecule has 0 aliphatic rings. The van der Waals surface area contributed by atoms with E-state index in [4.69, 9.17) is 9.47 Å². The molecule has 10 heteroatoms. The molecule has 0 bridgehead atoms. The Morgan fingerprint density at radius 1 is 1.15 bits per heavy atom. The predicted molar refractivity (Wildman–Crippen MR) is 94.2 cm³/mol. The van der Waals surface area contributed by atoms with Gasteiger partial charge in [0.1, 0.15) is 17.2 Å². The van der Waals surface area contributed by atoms with Crippen molar-refractivity contribution in [3.8, 4) is 17.2 Å². The highest BCUT2D eigenvalue weighted by molar-refractivity contribution is 5.36. The lowest BCUT2D eigenvalue weighted by molar-refractivity contribution is -0.391. The topological polar surface area (TPSA) is 117 Å². The summed E-state index contributed by atoms with van der Waals surface area (Å²) in [6, 6.07) is 13.6. The number of hydrogen-bond donors (Lipinski definition) is 1. The molecule has 1 aromatic heterocycles. The minimum Gasteiger partial charge on any atom is -0.497 e. The third-order valence-electron chi connectivity index (χ3n) is 3.83. The summed E-state index contributed by atoms with van der Waals surface area (Å²) in [6.07, 6.45) is 0. The zero-order valence-electron chi connectivity index (χ0n) is 14.6. The molecule has 0 amide bonds. The van der Waals surface area contributed by atoms with E-state index in [1.54, 1.807) is 48.5 Å². The second kappa shape index (κ2) is 7.60. The van der Waals surface area contributed by atoms with Gasteiger partial charge in [-0.25, -0.2) is 0 Å². The molecule has 140 valence electrons. The first-order chi connectivity index (χ1) is 13.0. The van der Waals surface area contributed by atoms with Crippen LogP contribution in [0.2, 0.25) is 0 Å². The van der Waals surface area contributed by atoms with Crippen molar-refractivity contribution in [3.63, 3.8) is 0 Å². The summed E-state index contributed by atoms with van der Waals surface area (Å²) < 4.78 is 10.3. The van der Waals surface area contributed by atoms with Gasteiger partial charge in [0.05, 0.1) is 25.9 Å². The van der Waals surface area contributed by atoms with Crippen molar-refractivity contribution in [1.82, 2.24) is 14.7 Å². The Morgan fingerprint density at radius 3 is 2.48 bits per heavy atom. The average Bonchev–Trinajstić information content (AvgIpc) is 3.03. The fourth-order valence-electron chi connectivity index (χ4n) is 2.48. The van der Waals surface area contributed by atoms with Crippen LogP contribution in [0.5, 0.6) is 11.5 Å². The summed E-state index contributed by atoms with van der Waals surface area (Å²) in [5.41, 5.74) is 0.841. The van der Waals surface area contributed by atoms with E-state index < -0.39 is 10.7 Å². The van der Waals surface area contributed by atoms with Gasteiger partial charge in [-0.3, -0.25) is 4.99 Å². The van der Waals surface area contributed by atoms with Crippen LogP contribution in [0.4, 0.5) is 5.82 Å². The van der Waals surface area contributed by atoms with E-state index >= 15 is 0 Å². The van der Waals surface area contributed by atoms with Crippen LogP contribution in [0.3, 0.4) is 0 Å². The molecule has 1 N–H and O–H groups in total. The number of para-hydroxylation sites is 1. The Labute approximate surface area is 153 Å². The lowest BCUT2D eigenvalue weighted by atomic mass is 10.2. The Kier molecular flexibility index (Phi) is 5.06. The Balaban J connectivity index is 2.06. The monoisotopic (exact) mass is 371 g/mol. The maximum atomic E-state index is 11.4. The van der Waals surface area contributed by atoms with Crippen molar-refractivity contribution in [2.75, 3.05) is 14.2 Å². The molecule has 0 saturated carbocycles. The van der Waals surface area contributed by atoms with Crippen LogP contribution in [-0.4, -0.2) is 39.1 Å². The molecule has 0 saturated heterocycles. The third-order valence-corrected chi connectivity index (χ3v) is 3.83. The van der Waals surface area contributed by atoms with Crippen molar-refractivity contribution in [2.24, 2.45) is 4.99 Å². The molecule has 2 aromatic carbocycles. The SMILES string of the molecule is COc1ccc(-n2nc([N+](=O)[O-])c(=NCc3ccccc3OC)n2O)cc1. The summed E-state index contributed by atoms with van der Waals surface area (Å²) in [4.78, 5) is 16.3. The van der Waals surface area contributed by atoms with Crippen LogP contribution in [0.15, 0.2) is 53.5 Å². The van der Waals surface area contributed by atoms with E-state index in [0.29, 0.717) is 27.6 Å². The first-order valence-corrected chi connectivity index (χ1v) is 7.88. The van der Waals surface area contributed by atoms with E-state index in [0.717, 1.165) is 4.80 Å². The van der Waals surface area contributed by atoms with Crippen LogP contribution in [0, 0.1) is 10.1 Å². The lowest BCUT2D eigenvalue weighted by Gasteiger charge is -2.04. The molecule has 10 nitrogen and oxygen atoms in total. The molecule has 0 fully saturated rings. The van der Waals surface area contributed by atoms with Gasteiger partial charge in [-0.2, -0.15) is 0 Å². The van der Waals surface area contributed by atoms with Crippen molar-refractivity contribution in [2.45, 2.75) is 6.54 Å². The van der Waals surface area contributed by atoms with E-state index in [1.165, 1.54) is 14.2 Å². The third kappa shape index (κ3) is 3.59. The van der Waals surface area contributed by atoms with Gasteiger partial charge < -0.3 is 24.8 Å². The van der Waals surface area contributed by atoms with E-state index in [1.807, 2.05) is 0 Å². The summed E-state index contributed by atoms with van der Waals surface area (Å²) in [5, 5.41) is 25.6. The normalized spacial score (nSPS) is 11.4. The van der Waals surface area contributed by atoms with Crippen molar-refractivity contribution >= 4 is 5.82 Å². The number of ether oxygens (including phenoxy) is 2. The number of nitrogens with zero attached hydrogens (tertiary/aromatic N) is 5. The lowest BCUT2D eigenvalue weighted by Crippen LogP contribution is -2.22. The Bertz CT molecular complexity index is 1020. The maximum Gasteiger partial charge on any atom is 0.438 e. The molecule has 0 radical (unpaired) electrons. The van der Waals surface area contributed by atoms with Gasteiger partial charge in [-0.05, 0) is 40.1 Å². The Hall–Kier alpha value is -3.82. The number of rotatable bonds is 6. The van der Waals surface area contributed by atoms with Crippen LogP contribution in [0.1, 0.15) is 5.56 Å². The Morgan fingerprint density at radius 2 is 1.85 bits per heavy atom. The van der Waals surface area contributed by atoms with Gasteiger partial charge in [0.25, 0.3) is 5.49 Å². The fourth-order valence-corrected chi connectivity index (χ4v) is 2.48. The highest BCUT2D eigenvalue weighted by atomic mass is 16.6. The molecule has 0 aliphatic carbocycles. The molecule has 0 unspecified atom stereocenters. The zero-order valence-corrected chi connectivity index (χ0v) is 14.6. The number of methoxy groups -OCH3 is 2. The zero-order chi connectivity index (χ0) is 19.4. The molecule has 0 spiro atoms. The van der Waals surface area contributed by atoms with Gasteiger partial charge in [0, 0.05) is 5.56 Å². The highest BCUT2D eigenvalue weighted by Crippen LogP contribution is 2.18. The minimum absolute atomic E-state index is 0.0692. The highest BCUT2D eigenvalue weighted by Gasteiger charge is 2.24. The summed E-state index contributed by atoms with van der Waals surface area (Å²) >= 11 is 0. The van der Waals surface area contributed by atoms with Crippen LogP contribution in [-0.2, 0) is 6.54 Å². The van der Waals surface area contributed by atoms with Crippen molar-refractivity contribution in [3.05, 3.63) is 69.7 Å². The van der Waals surface area contributed by atoms with Crippen molar-refractivity contribution in [1.29, 1.82) is 0 Å². The number of hydrogen-bond acceptors (Lipinski definition) is 7. The number of nitro groups is 1. The van der Waals surface area contributed by atoms with Gasteiger partial charge in [-0.1, -0.05) is 23.0 Å². The molecular weight excluding hydrogens is 354 g/mol. The first kappa shape index (κ1) is 18.0. The van der Waals surface area contributed by atoms with E-state index in [9.17, 15) is 15.3 Å². The quantitative estimate of drug-likeness (QED) is 0.402. The smallest absolute Gasteiger partial charge is 0.438 e. The van der Waals surface area contributed by atoms with Gasteiger partial charge in [0.2, 0.25) is 0 Å². The summed E-state index contributed by atoms with van der Waals surface area (Å²) in [7, 11) is 3.05. The van der Waals surface area contributed by atoms with Crippen molar-refractivity contribution < 1.29 is 19.6 Å². The van der Waals surface area contributed by atoms with Crippen LogP contribution in [0.25, 0.3) is 5.69 Å². The van der Waals surface area contributed by atoms with Crippen LogP contribution < -0.4 is 15.0 Å². The maximum absolute atomic E-state index is 11.4. The molecule has 0 atom stereocenters. The molecule has 27 heavy (non-hydrogen) atoms. The standard InChI is InChI=1S/C17H17N5O5/c1-26-14-9-7-13(8-10-14)20-19-17(22(24)25)16(21(20)23)18-11-12-5-3-4-6-15(12)27-2/h3-10,23H,11H2,1-2H3. The molecule has 3 aromatic rings. The average molecular weight is 371 g/mol. The fraction of sp³-hybridized carbons (Fsp3) is 0.176. The van der Waals surface area contributed by atoms with Gasteiger partial charge in [0.15, 0.2) is 0 Å². The second-order valence-corrected chi connectivity index (χ2v) is 5.41. The second-order valence-electron chi connectivity index (χ2n) is 5.41. The predicted octanol–water partition coefficient (Wildman–Crippen LogP) is 1.94. The molecular formula is C17H17N5O5. The number of aromatic nitrogens is 3. The molecule has 0 aliphatic heterocycles. The van der Waals surface area contributed by atoms with E-state index in [-0.39, 0.29) is 12.0 Å². The van der Waals surface area contributed by atoms with Crippen LogP contribution >= 0.6 is 0 Å². The summed E-state index contributed by atoms with van der Waals surface area (Å²) in [6.45, 7) is 0.0692. The molecule has 3 rings (SSSR count).